The summed E-state index contributed by atoms with van der Waals surface area (Å²) in [5, 5.41) is 4.16. The zero-order valence-electron chi connectivity index (χ0n) is 8.15. The summed E-state index contributed by atoms with van der Waals surface area (Å²) < 4.78 is 6.91. The number of aromatic nitrogens is 2. The van der Waals surface area contributed by atoms with Crippen LogP contribution < -0.4 is 0 Å². The summed E-state index contributed by atoms with van der Waals surface area (Å²) >= 11 is 0. The summed E-state index contributed by atoms with van der Waals surface area (Å²) in [4.78, 5) is 10.6. The fraction of sp³-hybridized carbons (Fsp3) is 0.556. The normalized spacial score (nSPS) is 12.8. The highest BCUT2D eigenvalue weighted by Gasteiger charge is 2.10. The Bertz CT molecular complexity index is 294. The van der Waals surface area contributed by atoms with Gasteiger partial charge in [0.1, 0.15) is 11.9 Å². The Balaban J connectivity index is 2.91. The van der Waals surface area contributed by atoms with Gasteiger partial charge in [-0.15, -0.1) is 0 Å². The average Bonchev–Trinajstić information content (AvgIpc) is 2.47. The molecule has 0 saturated carbocycles. The fourth-order valence-electron chi connectivity index (χ4n) is 1.23. The van der Waals surface area contributed by atoms with Crippen molar-refractivity contribution in [2.75, 3.05) is 6.61 Å². The second-order valence-electron chi connectivity index (χ2n) is 2.83. The van der Waals surface area contributed by atoms with E-state index in [4.69, 9.17) is 4.74 Å². The lowest BCUT2D eigenvalue weighted by Gasteiger charge is -2.12. The first-order valence-corrected chi connectivity index (χ1v) is 4.32. The molecule has 1 rings (SSSR count). The molecule has 1 aromatic heterocycles. The molecule has 0 amide bonds. The van der Waals surface area contributed by atoms with Crippen LogP contribution in [0.2, 0.25) is 0 Å². The minimum Gasteiger partial charge on any atom is -0.357 e. The van der Waals surface area contributed by atoms with Gasteiger partial charge in [-0.3, -0.25) is 4.79 Å². The second-order valence-corrected chi connectivity index (χ2v) is 2.83. The van der Waals surface area contributed by atoms with Crippen LogP contribution in [0.25, 0.3) is 0 Å². The molecule has 0 saturated heterocycles. The van der Waals surface area contributed by atoms with Crippen molar-refractivity contribution in [2.24, 2.45) is 0 Å². The maximum absolute atomic E-state index is 10.6. The number of nitrogens with zero attached hydrogens (tertiary/aromatic N) is 2. The quantitative estimate of drug-likeness (QED) is 0.664. The first-order valence-electron chi connectivity index (χ1n) is 4.32. The molecule has 1 aromatic rings. The van der Waals surface area contributed by atoms with Crippen LogP contribution in [0.5, 0.6) is 0 Å². The van der Waals surface area contributed by atoms with Gasteiger partial charge in [-0.25, -0.2) is 4.68 Å². The summed E-state index contributed by atoms with van der Waals surface area (Å²) in [6, 6.07) is 1.74. The molecule has 1 atom stereocenters. The van der Waals surface area contributed by atoms with Gasteiger partial charge >= 0.3 is 0 Å². The van der Waals surface area contributed by atoms with E-state index in [0.29, 0.717) is 12.3 Å². The minimum absolute atomic E-state index is 0.182. The monoisotopic (exact) mass is 182 g/mol. The van der Waals surface area contributed by atoms with Gasteiger partial charge in [-0.1, -0.05) is 0 Å². The van der Waals surface area contributed by atoms with Crippen LogP contribution in [0.4, 0.5) is 0 Å². The van der Waals surface area contributed by atoms with Crippen molar-refractivity contribution in [3.05, 3.63) is 17.5 Å². The van der Waals surface area contributed by atoms with E-state index in [1.165, 1.54) is 0 Å². The second kappa shape index (κ2) is 4.18. The van der Waals surface area contributed by atoms with Crippen molar-refractivity contribution >= 4 is 6.29 Å². The van der Waals surface area contributed by atoms with E-state index in [2.05, 4.69) is 5.10 Å². The molecule has 0 aliphatic heterocycles. The molecular formula is C9H14N2O2. The Morgan fingerprint density at radius 3 is 3.00 bits per heavy atom. The Morgan fingerprint density at radius 1 is 1.77 bits per heavy atom. The Morgan fingerprint density at radius 2 is 2.46 bits per heavy atom. The standard InChI is InChI=1S/C9H14N2O2/c1-4-13-8(3)11-9(6-12)5-7(2)10-11/h5-6,8H,4H2,1-3H3. The van der Waals surface area contributed by atoms with Crippen molar-refractivity contribution in [3.63, 3.8) is 0 Å². The van der Waals surface area contributed by atoms with Gasteiger partial charge in [-0.05, 0) is 26.8 Å². The van der Waals surface area contributed by atoms with Gasteiger partial charge in [0.2, 0.25) is 0 Å². The highest BCUT2D eigenvalue weighted by molar-refractivity contribution is 5.72. The Labute approximate surface area is 77.5 Å². The third-order valence-electron chi connectivity index (χ3n) is 1.76. The molecule has 1 unspecified atom stereocenters. The van der Waals surface area contributed by atoms with Crippen molar-refractivity contribution in [1.29, 1.82) is 0 Å². The fourth-order valence-corrected chi connectivity index (χ4v) is 1.23. The maximum atomic E-state index is 10.6. The van der Waals surface area contributed by atoms with E-state index in [-0.39, 0.29) is 6.23 Å². The molecule has 0 aliphatic carbocycles. The molecule has 4 nitrogen and oxygen atoms in total. The molecule has 72 valence electrons. The van der Waals surface area contributed by atoms with Crippen LogP contribution in [-0.4, -0.2) is 22.7 Å². The zero-order valence-corrected chi connectivity index (χ0v) is 8.15. The molecule has 1 heterocycles. The summed E-state index contributed by atoms with van der Waals surface area (Å²) in [6.07, 6.45) is 0.606. The first kappa shape index (κ1) is 9.92. The molecule has 0 fully saturated rings. The van der Waals surface area contributed by atoms with Gasteiger partial charge < -0.3 is 4.74 Å². The molecule has 0 N–H and O–H groups in total. The molecule has 0 radical (unpaired) electrons. The summed E-state index contributed by atoms with van der Waals surface area (Å²) in [5.41, 5.74) is 1.38. The van der Waals surface area contributed by atoms with Crippen LogP contribution in [0.1, 0.15) is 36.3 Å². The predicted molar refractivity (Wildman–Crippen MR) is 48.7 cm³/mol. The number of aryl methyl sites for hydroxylation is 1. The number of carbonyl (C=O) groups excluding carboxylic acids is 1. The number of ether oxygens (including phenoxy) is 1. The van der Waals surface area contributed by atoms with Crippen LogP contribution >= 0.6 is 0 Å². The van der Waals surface area contributed by atoms with E-state index >= 15 is 0 Å². The number of carbonyl (C=O) groups is 1. The van der Waals surface area contributed by atoms with Crippen LogP contribution in [0.3, 0.4) is 0 Å². The summed E-state index contributed by atoms with van der Waals surface area (Å²) in [7, 11) is 0. The lowest BCUT2D eigenvalue weighted by atomic mass is 10.4. The predicted octanol–water partition coefficient (Wildman–Crippen LogP) is 1.56. The molecule has 0 aliphatic rings. The van der Waals surface area contributed by atoms with E-state index in [9.17, 15) is 4.79 Å². The largest absolute Gasteiger partial charge is 0.357 e. The SMILES string of the molecule is CCOC(C)n1nc(C)cc1C=O. The van der Waals surface area contributed by atoms with Crippen LogP contribution in [0.15, 0.2) is 6.07 Å². The van der Waals surface area contributed by atoms with Crippen molar-refractivity contribution in [2.45, 2.75) is 27.0 Å². The number of hydrogen-bond donors (Lipinski definition) is 0. The first-order chi connectivity index (χ1) is 6.19. The number of rotatable bonds is 4. The van der Waals surface area contributed by atoms with Gasteiger partial charge in [0.05, 0.1) is 5.69 Å². The summed E-state index contributed by atoms with van der Waals surface area (Å²) in [5.74, 6) is 0. The van der Waals surface area contributed by atoms with Gasteiger partial charge in [0.15, 0.2) is 6.29 Å². The van der Waals surface area contributed by atoms with Gasteiger partial charge in [-0.2, -0.15) is 5.10 Å². The summed E-state index contributed by atoms with van der Waals surface area (Å²) in [6.45, 7) is 6.23. The van der Waals surface area contributed by atoms with E-state index in [0.717, 1.165) is 12.0 Å². The molecule has 0 spiro atoms. The molecule has 4 heteroatoms. The molecule has 13 heavy (non-hydrogen) atoms. The third-order valence-corrected chi connectivity index (χ3v) is 1.76. The van der Waals surface area contributed by atoms with E-state index in [1.807, 2.05) is 20.8 Å². The van der Waals surface area contributed by atoms with Gasteiger partial charge in [0.25, 0.3) is 0 Å². The number of hydrogen-bond acceptors (Lipinski definition) is 3. The lowest BCUT2D eigenvalue weighted by molar-refractivity contribution is 0.0144. The highest BCUT2D eigenvalue weighted by atomic mass is 16.5. The van der Waals surface area contributed by atoms with Gasteiger partial charge in [0, 0.05) is 6.61 Å². The minimum atomic E-state index is -0.182. The van der Waals surface area contributed by atoms with Crippen molar-refractivity contribution in [1.82, 2.24) is 9.78 Å². The van der Waals surface area contributed by atoms with Crippen molar-refractivity contribution in [3.8, 4) is 0 Å². The number of aldehydes is 1. The van der Waals surface area contributed by atoms with Crippen LogP contribution in [-0.2, 0) is 4.74 Å². The molecule has 0 bridgehead atoms. The third kappa shape index (κ3) is 2.15. The smallest absolute Gasteiger partial charge is 0.168 e. The average molecular weight is 182 g/mol. The van der Waals surface area contributed by atoms with Crippen molar-refractivity contribution < 1.29 is 9.53 Å². The maximum Gasteiger partial charge on any atom is 0.168 e. The highest BCUT2D eigenvalue weighted by Crippen LogP contribution is 2.10. The Kier molecular flexibility index (Phi) is 3.19. The van der Waals surface area contributed by atoms with E-state index < -0.39 is 0 Å². The Hall–Kier alpha value is -1.16. The van der Waals surface area contributed by atoms with Crippen LogP contribution in [0, 0.1) is 6.92 Å². The molecular weight excluding hydrogens is 168 g/mol. The topological polar surface area (TPSA) is 44.1 Å². The lowest BCUT2D eigenvalue weighted by Crippen LogP contribution is -2.13. The van der Waals surface area contributed by atoms with E-state index in [1.54, 1.807) is 10.7 Å². The molecule has 0 aromatic carbocycles. The zero-order chi connectivity index (χ0) is 9.84.